The molecule has 1 saturated carbocycles. The average Bonchev–Trinajstić information content (AvgIpc) is 3.22. The molecule has 0 amide bonds. The fourth-order valence-electron chi connectivity index (χ4n) is 12.1. The van der Waals surface area contributed by atoms with E-state index in [9.17, 15) is 5.11 Å². The Morgan fingerprint density at radius 2 is 0.739 bits per heavy atom. The molecule has 0 bridgehead atoms. The van der Waals surface area contributed by atoms with E-state index in [1.54, 1.807) is 12.1 Å². The van der Waals surface area contributed by atoms with E-state index < -0.39 is 40.0 Å². The summed E-state index contributed by atoms with van der Waals surface area (Å²) in [7, 11) is -8.93. The van der Waals surface area contributed by atoms with Crippen molar-refractivity contribution in [1.82, 2.24) is 0 Å². The molecule has 0 aliphatic heterocycles. The van der Waals surface area contributed by atoms with Crippen molar-refractivity contribution in [3.63, 3.8) is 0 Å². The second-order valence-corrected chi connectivity index (χ2v) is 45.4. The summed E-state index contributed by atoms with van der Waals surface area (Å²) < 4.78 is 64.8. The summed E-state index contributed by atoms with van der Waals surface area (Å²) >= 11 is 0. The van der Waals surface area contributed by atoms with Gasteiger partial charge >= 0.3 is 8.80 Å². The minimum Gasteiger partial charge on any atom is -0.508 e. The Labute approximate surface area is 537 Å². The van der Waals surface area contributed by atoms with Crippen LogP contribution in [0.25, 0.3) is 0 Å². The molecule has 15 heteroatoms. The van der Waals surface area contributed by atoms with Crippen LogP contribution in [0.5, 0.6) is 28.7 Å². The van der Waals surface area contributed by atoms with Crippen molar-refractivity contribution in [2.24, 2.45) is 11.8 Å². The van der Waals surface area contributed by atoms with Crippen LogP contribution in [0, 0.1) is 11.8 Å². The predicted octanol–water partition coefficient (Wildman–Crippen LogP) is 20.3. The lowest BCUT2D eigenvalue weighted by molar-refractivity contribution is -0.0946. The van der Waals surface area contributed by atoms with Crippen molar-refractivity contribution in [2.45, 2.75) is 246 Å². The summed E-state index contributed by atoms with van der Waals surface area (Å²) in [4.78, 5) is 0. The summed E-state index contributed by atoms with van der Waals surface area (Å²) in [6, 6.07) is 43.1. The second-order valence-electron chi connectivity index (χ2n) is 28.4. The van der Waals surface area contributed by atoms with Gasteiger partial charge in [-0.15, -0.1) is 0 Å². The number of ether oxygens (including phenoxy) is 7. The number of hydrogen-bond acceptors (Lipinski definition) is 11. The van der Waals surface area contributed by atoms with Crippen LogP contribution < -0.4 is 18.9 Å². The Morgan fingerprint density at radius 3 is 1.12 bits per heavy atom. The highest BCUT2D eigenvalue weighted by Gasteiger charge is 2.49. The minimum atomic E-state index is -2.97. The predicted molar refractivity (Wildman–Crippen MR) is 371 cm³/mol. The zero-order chi connectivity index (χ0) is 64.2. The van der Waals surface area contributed by atoms with Crippen LogP contribution in [0.4, 0.5) is 0 Å². The Balaban J connectivity index is 1.11. The fraction of sp³-hybridized carbons (Fsp3) is 0.589. The van der Waals surface area contributed by atoms with Gasteiger partial charge < -0.3 is 50.6 Å². The third kappa shape index (κ3) is 25.8. The number of hydrogen-bond donors (Lipinski definition) is 1. The maximum Gasteiger partial charge on any atom is 0.469 e. The fourth-order valence-corrected chi connectivity index (χ4v) is 26.7. The molecule has 8 unspecified atom stereocenters. The SMILES string of the molecule is CCC(C)c1ccc(OC(C)OCC2CCC(COC(C)Oc3ccc(C(CC)CC(CC(CC(C)c4ccc(O)cc4)c4ccc(OC(C)C)cc4)c4ccc(OC(C)OCCC[Si](O[Si](C)(C)C)(O[Si](C)(C)C)O[Si](C)(C)C)cc4)cc3)CC2)cc1. The van der Waals surface area contributed by atoms with Crippen LogP contribution in [0.15, 0.2) is 121 Å². The van der Waals surface area contributed by atoms with Crippen molar-refractivity contribution < 1.29 is 50.6 Å². The van der Waals surface area contributed by atoms with Gasteiger partial charge in [0.2, 0.25) is 0 Å². The van der Waals surface area contributed by atoms with E-state index in [4.69, 9.17) is 45.5 Å². The van der Waals surface area contributed by atoms with Gasteiger partial charge in [-0.2, -0.15) is 0 Å². The topological polar surface area (TPSA) is 113 Å². The van der Waals surface area contributed by atoms with Crippen LogP contribution in [0.3, 0.4) is 0 Å². The van der Waals surface area contributed by atoms with Crippen molar-refractivity contribution >= 4 is 33.8 Å². The monoisotopic (exact) mass is 1280 g/mol. The van der Waals surface area contributed by atoms with E-state index in [0.717, 1.165) is 93.3 Å². The van der Waals surface area contributed by atoms with Gasteiger partial charge in [-0.1, -0.05) is 88.4 Å². The smallest absolute Gasteiger partial charge is 0.469 e. The molecule has 5 aromatic rings. The van der Waals surface area contributed by atoms with Gasteiger partial charge in [0, 0.05) is 6.04 Å². The van der Waals surface area contributed by atoms with Gasteiger partial charge in [0.15, 0.2) is 43.8 Å². The first kappa shape index (κ1) is 72.8. The number of aromatic hydroxyl groups is 1. The maximum atomic E-state index is 10.2. The standard InChI is InChI=1S/C73H114O11Si4/c1-19-54(5)62-28-38-71(39-29-62)80-57(8)76-51-59-22-24-60(25-23-59)52-77-58(9)81-73-42-30-64(31-43-73)61(20-2)49-68(50-67(48-55(6)63-26-36-69(74)37-27-63)65-32-40-70(41-33-65)78-53(3)4)66-34-44-72(45-35-66)79-56(7)75-46-21-47-88(82-85(10,11)12,83-86(13,14)15)84-87(16,17)18/h26-45,53-61,67-68,74H,19-25,46-52H2,1-18H3. The van der Waals surface area contributed by atoms with Crippen molar-refractivity contribution in [2.75, 3.05) is 19.8 Å². The molecular weight excluding hydrogens is 1170 g/mol. The number of rotatable bonds is 38. The Hall–Kier alpha value is -4.27. The summed E-state index contributed by atoms with van der Waals surface area (Å²) in [6.07, 6.45) is 9.16. The largest absolute Gasteiger partial charge is 0.508 e. The first-order chi connectivity index (χ1) is 41.5. The van der Waals surface area contributed by atoms with Crippen LogP contribution in [0.2, 0.25) is 65.0 Å². The lowest BCUT2D eigenvalue weighted by Crippen LogP contribution is -2.60. The van der Waals surface area contributed by atoms with E-state index in [2.05, 4.69) is 210 Å². The van der Waals surface area contributed by atoms with Crippen LogP contribution in [-0.2, 0) is 26.6 Å². The lowest BCUT2D eigenvalue weighted by atomic mass is 9.75. The molecule has 0 aromatic heterocycles. The number of phenols is 1. The minimum absolute atomic E-state index is 0.0871. The van der Waals surface area contributed by atoms with Gasteiger partial charge in [0.25, 0.3) is 0 Å². The van der Waals surface area contributed by atoms with Gasteiger partial charge in [0.1, 0.15) is 28.7 Å². The van der Waals surface area contributed by atoms with Crippen LogP contribution >= 0.6 is 0 Å². The molecule has 11 nitrogen and oxygen atoms in total. The number of benzene rings is 5. The highest BCUT2D eigenvalue weighted by molar-refractivity contribution is 6.90. The molecule has 1 aliphatic carbocycles. The third-order valence-electron chi connectivity index (χ3n) is 16.6. The van der Waals surface area contributed by atoms with E-state index in [1.165, 1.54) is 27.8 Å². The van der Waals surface area contributed by atoms with Gasteiger partial charge in [-0.05, 0) is 288 Å². The molecule has 8 atom stereocenters. The molecule has 0 heterocycles. The molecular formula is C73H114O11Si4. The second kappa shape index (κ2) is 34.4. The molecule has 488 valence electrons. The molecule has 0 saturated heterocycles. The van der Waals surface area contributed by atoms with Crippen molar-refractivity contribution in [3.05, 3.63) is 149 Å². The van der Waals surface area contributed by atoms with Gasteiger partial charge in [-0.3, -0.25) is 0 Å². The molecule has 6 rings (SSSR count). The summed E-state index contributed by atoms with van der Waals surface area (Å²) in [5, 5.41) is 10.2. The molecule has 1 aliphatic rings. The van der Waals surface area contributed by atoms with E-state index >= 15 is 0 Å². The maximum absolute atomic E-state index is 10.2. The molecule has 5 aromatic carbocycles. The van der Waals surface area contributed by atoms with Gasteiger partial charge in [0.05, 0.1) is 25.9 Å². The Kier molecular flexibility index (Phi) is 28.5. The van der Waals surface area contributed by atoms with Gasteiger partial charge in [-0.25, -0.2) is 0 Å². The quantitative estimate of drug-likeness (QED) is 0.0232. The number of phenolic OH excluding ortho intramolecular Hbond substituents is 1. The van der Waals surface area contributed by atoms with Crippen LogP contribution in [-0.4, -0.2) is 83.7 Å². The zero-order valence-corrected chi connectivity index (χ0v) is 61.3. The molecule has 0 radical (unpaired) electrons. The summed E-state index contributed by atoms with van der Waals surface area (Å²) in [5.74, 6) is 6.16. The Morgan fingerprint density at radius 1 is 0.398 bits per heavy atom. The highest BCUT2D eigenvalue weighted by Crippen LogP contribution is 2.44. The first-order valence-electron chi connectivity index (χ1n) is 33.4. The molecule has 0 spiro atoms. The summed E-state index contributed by atoms with van der Waals surface area (Å²) in [6.45, 7) is 41.1. The van der Waals surface area contributed by atoms with E-state index in [1.807, 2.05) is 20.8 Å². The van der Waals surface area contributed by atoms with E-state index in [0.29, 0.717) is 43.5 Å². The Bertz CT molecular complexity index is 2690. The molecule has 1 fully saturated rings. The zero-order valence-electron chi connectivity index (χ0n) is 57.3. The normalized spacial score (nSPS) is 18.0. The van der Waals surface area contributed by atoms with Crippen molar-refractivity contribution in [1.29, 1.82) is 0 Å². The summed E-state index contributed by atoms with van der Waals surface area (Å²) in [5.41, 5.74) is 6.43. The third-order valence-corrected chi connectivity index (χ3v) is 28.6. The highest BCUT2D eigenvalue weighted by atomic mass is 28.5. The van der Waals surface area contributed by atoms with E-state index in [-0.39, 0.29) is 42.2 Å². The molecule has 1 N–H and O–H groups in total. The molecule has 88 heavy (non-hydrogen) atoms. The first-order valence-corrected chi connectivity index (χ1v) is 45.5. The average molecular weight is 1280 g/mol. The van der Waals surface area contributed by atoms with Crippen LogP contribution in [0.1, 0.15) is 184 Å². The lowest BCUT2D eigenvalue weighted by Gasteiger charge is -2.43. The van der Waals surface area contributed by atoms with Crippen molar-refractivity contribution in [3.8, 4) is 28.7 Å².